The molecule has 0 radical (unpaired) electrons. The van der Waals surface area contributed by atoms with Gasteiger partial charge in [0.2, 0.25) is 6.54 Å². The fourth-order valence-corrected chi connectivity index (χ4v) is 3.19. The third-order valence-electron chi connectivity index (χ3n) is 2.29. The molecule has 0 spiro atoms. The first-order chi connectivity index (χ1) is 9.04. The van der Waals surface area contributed by atoms with Crippen molar-refractivity contribution in [1.29, 1.82) is 0 Å². The fourth-order valence-electron chi connectivity index (χ4n) is 1.63. The summed E-state index contributed by atoms with van der Waals surface area (Å²) in [5, 5.41) is 0. The molecule has 0 heterocycles. The number of rotatable bonds is 11. The normalized spacial score (nSPS) is 13.2. The third-order valence-corrected chi connectivity index (χ3v) is 4.39. The molecule has 0 aromatic carbocycles. The topological polar surface area (TPSA) is 35.3 Å². The van der Waals surface area contributed by atoms with Crippen LogP contribution in [0.4, 0.5) is 0 Å². The first-order valence-corrected chi connectivity index (χ1v) is 7.92. The van der Waals surface area contributed by atoms with Crippen molar-refractivity contribution in [2.75, 3.05) is 33.0 Å². The maximum atomic E-state index is 6.79. The maximum Gasteiger partial charge on any atom is 0.259 e. The van der Waals surface area contributed by atoms with Gasteiger partial charge in [0.1, 0.15) is 6.61 Å². The van der Waals surface area contributed by atoms with Gasteiger partial charge in [-0.3, -0.25) is 0 Å². The summed E-state index contributed by atoms with van der Waals surface area (Å²) in [4.78, 5) is 3.30. The van der Waals surface area contributed by atoms with Gasteiger partial charge in [-0.2, -0.15) is 0 Å². The van der Waals surface area contributed by atoms with Crippen LogP contribution in [0.15, 0.2) is 0 Å². The van der Waals surface area contributed by atoms with Gasteiger partial charge < -0.3 is 18.6 Å². The minimum atomic E-state index is -1.12. The second-order valence-electron chi connectivity index (χ2n) is 4.55. The van der Waals surface area contributed by atoms with Crippen molar-refractivity contribution in [2.45, 2.75) is 46.7 Å². The summed E-state index contributed by atoms with van der Waals surface area (Å²) in [6.07, 6.45) is 0. The van der Waals surface area contributed by atoms with Gasteiger partial charge in [0, 0.05) is 18.7 Å². The van der Waals surface area contributed by atoms with Gasteiger partial charge in [0.15, 0.2) is 0 Å². The molecule has 112 valence electrons. The first-order valence-electron chi connectivity index (χ1n) is 6.79. The van der Waals surface area contributed by atoms with Gasteiger partial charge in [0.25, 0.3) is 8.53 Å². The molecule has 0 saturated heterocycles. The Kier molecular flexibility index (Phi) is 11.4. The maximum absolute atomic E-state index is 6.79. The molecular formula is C13H27N2O3P. The summed E-state index contributed by atoms with van der Waals surface area (Å²) < 4.78 is 19.0. The Morgan fingerprint density at radius 1 is 1.05 bits per heavy atom. The molecule has 0 aromatic rings. The Balaban J connectivity index is 4.40. The molecule has 1 atom stereocenters. The van der Waals surface area contributed by atoms with E-state index in [1.165, 1.54) is 0 Å². The zero-order valence-electron chi connectivity index (χ0n) is 12.8. The molecule has 6 heteroatoms. The molecule has 0 rings (SSSR count). The number of ether oxygens (including phenoxy) is 1. The number of hydrogen-bond donors (Lipinski definition) is 0. The highest BCUT2D eigenvalue weighted by Crippen LogP contribution is 2.45. The van der Waals surface area contributed by atoms with Crippen LogP contribution in [0.25, 0.3) is 4.85 Å². The lowest BCUT2D eigenvalue weighted by atomic mass is 10.3. The van der Waals surface area contributed by atoms with Crippen LogP contribution in [0, 0.1) is 6.57 Å². The summed E-state index contributed by atoms with van der Waals surface area (Å²) in [5.41, 5.74) is 0. The van der Waals surface area contributed by atoms with Gasteiger partial charge in [0.05, 0.1) is 13.2 Å². The minimum Gasteiger partial charge on any atom is -0.379 e. The SMILES string of the molecule is [C-]#[N+]CCOP(OCCOCC)N(C(C)C)C(C)C. The standard InChI is InChI=1S/C13H27N2O3P/c1-7-16-10-11-18-19(17-9-8-14-6)15(12(2)3)13(4)5/h12-13H,7-11H2,1-5H3. The zero-order valence-corrected chi connectivity index (χ0v) is 13.7. The second-order valence-corrected chi connectivity index (χ2v) is 6.00. The van der Waals surface area contributed by atoms with Crippen LogP contribution in [0.1, 0.15) is 34.6 Å². The average Bonchev–Trinajstić information content (AvgIpc) is 2.33. The Morgan fingerprint density at radius 3 is 2.11 bits per heavy atom. The van der Waals surface area contributed by atoms with E-state index >= 15 is 0 Å². The van der Waals surface area contributed by atoms with E-state index in [-0.39, 0.29) is 0 Å². The molecule has 0 saturated carbocycles. The lowest BCUT2D eigenvalue weighted by Crippen LogP contribution is -2.34. The number of hydrogen-bond acceptors (Lipinski definition) is 4. The molecular weight excluding hydrogens is 263 g/mol. The molecule has 19 heavy (non-hydrogen) atoms. The predicted molar refractivity (Wildman–Crippen MR) is 78.9 cm³/mol. The summed E-state index contributed by atoms with van der Waals surface area (Å²) in [6.45, 7) is 19.8. The Morgan fingerprint density at radius 2 is 1.63 bits per heavy atom. The van der Waals surface area contributed by atoms with E-state index in [0.29, 0.717) is 45.1 Å². The Bertz CT molecular complexity index is 249. The summed E-state index contributed by atoms with van der Waals surface area (Å²) >= 11 is 0. The summed E-state index contributed by atoms with van der Waals surface area (Å²) in [5.74, 6) is 0. The van der Waals surface area contributed by atoms with E-state index in [9.17, 15) is 0 Å². The van der Waals surface area contributed by atoms with Gasteiger partial charge in [-0.05, 0) is 34.6 Å². The molecule has 0 aromatic heterocycles. The van der Waals surface area contributed by atoms with Crippen molar-refractivity contribution in [3.8, 4) is 0 Å². The van der Waals surface area contributed by atoms with Crippen molar-refractivity contribution < 1.29 is 13.8 Å². The van der Waals surface area contributed by atoms with Crippen LogP contribution >= 0.6 is 8.53 Å². The van der Waals surface area contributed by atoms with Crippen molar-refractivity contribution in [3.05, 3.63) is 11.4 Å². The fraction of sp³-hybridized carbons (Fsp3) is 0.923. The highest BCUT2D eigenvalue weighted by atomic mass is 31.2. The number of nitrogens with zero attached hydrogens (tertiary/aromatic N) is 2. The van der Waals surface area contributed by atoms with Crippen molar-refractivity contribution in [3.63, 3.8) is 0 Å². The third kappa shape index (κ3) is 8.52. The molecule has 0 amide bonds. The smallest absolute Gasteiger partial charge is 0.259 e. The largest absolute Gasteiger partial charge is 0.379 e. The van der Waals surface area contributed by atoms with Crippen LogP contribution in [0.3, 0.4) is 0 Å². The van der Waals surface area contributed by atoms with E-state index < -0.39 is 8.53 Å². The molecule has 0 N–H and O–H groups in total. The van der Waals surface area contributed by atoms with Crippen LogP contribution in [0.2, 0.25) is 0 Å². The zero-order chi connectivity index (χ0) is 14.7. The lowest BCUT2D eigenvalue weighted by Gasteiger charge is -2.35. The van der Waals surface area contributed by atoms with Gasteiger partial charge >= 0.3 is 0 Å². The van der Waals surface area contributed by atoms with Gasteiger partial charge in [-0.1, -0.05) is 0 Å². The minimum absolute atomic E-state index is 0.339. The molecule has 5 nitrogen and oxygen atoms in total. The monoisotopic (exact) mass is 290 g/mol. The van der Waals surface area contributed by atoms with Gasteiger partial charge in [-0.15, -0.1) is 0 Å². The van der Waals surface area contributed by atoms with Crippen LogP contribution in [-0.4, -0.2) is 49.7 Å². The first kappa shape index (κ1) is 18.8. The summed E-state index contributed by atoms with van der Waals surface area (Å²) in [6, 6.07) is 0.678. The predicted octanol–water partition coefficient (Wildman–Crippen LogP) is 3.32. The molecule has 0 aliphatic rings. The van der Waals surface area contributed by atoms with Crippen molar-refractivity contribution in [1.82, 2.24) is 4.67 Å². The lowest BCUT2D eigenvalue weighted by molar-refractivity contribution is 0.0959. The Labute approximate surface area is 119 Å². The van der Waals surface area contributed by atoms with Gasteiger partial charge in [-0.25, -0.2) is 11.2 Å². The summed E-state index contributed by atoms with van der Waals surface area (Å²) in [7, 11) is -1.12. The molecule has 0 fully saturated rings. The van der Waals surface area contributed by atoms with E-state index in [4.69, 9.17) is 20.4 Å². The highest BCUT2D eigenvalue weighted by molar-refractivity contribution is 7.44. The average molecular weight is 290 g/mol. The molecule has 0 aliphatic heterocycles. The van der Waals surface area contributed by atoms with Crippen LogP contribution in [0.5, 0.6) is 0 Å². The van der Waals surface area contributed by atoms with Crippen LogP contribution < -0.4 is 0 Å². The molecule has 0 aliphatic carbocycles. The van der Waals surface area contributed by atoms with Crippen molar-refractivity contribution in [2.24, 2.45) is 0 Å². The van der Waals surface area contributed by atoms with E-state index in [2.05, 4.69) is 37.2 Å². The van der Waals surface area contributed by atoms with E-state index in [1.54, 1.807) is 0 Å². The van der Waals surface area contributed by atoms with Crippen molar-refractivity contribution >= 4 is 8.53 Å². The van der Waals surface area contributed by atoms with Crippen LogP contribution in [-0.2, 0) is 13.8 Å². The quantitative estimate of drug-likeness (QED) is 0.332. The molecule has 0 bridgehead atoms. The molecule has 1 unspecified atom stereocenters. The highest BCUT2D eigenvalue weighted by Gasteiger charge is 2.27. The Hall–Kier alpha value is -0.240. The van der Waals surface area contributed by atoms with E-state index in [1.807, 2.05) is 6.92 Å². The second kappa shape index (κ2) is 11.6. The van der Waals surface area contributed by atoms with E-state index in [0.717, 1.165) is 0 Å².